The van der Waals surface area contributed by atoms with Gasteiger partial charge in [-0.15, -0.1) is 0 Å². The van der Waals surface area contributed by atoms with Gasteiger partial charge in [0.1, 0.15) is 5.75 Å². The number of rotatable bonds is 4. The van der Waals surface area contributed by atoms with Gasteiger partial charge in [0.05, 0.1) is 12.7 Å². The van der Waals surface area contributed by atoms with E-state index < -0.39 is 0 Å². The molecule has 110 valence electrons. The summed E-state index contributed by atoms with van der Waals surface area (Å²) in [6, 6.07) is 5.14. The maximum absolute atomic E-state index is 12.6. The van der Waals surface area contributed by atoms with Gasteiger partial charge >= 0.3 is 0 Å². The molecular formula is C15H21ClN2O2. The predicted molar refractivity (Wildman–Crippen MR) is 80.3 cm³/mol. The quantitative estimate of drug-likeness (QED) is 0.929. The van der Waals surface area contributed by atoms with E-state index >= 15 is 0 Å². The summed E-state index contributed by atoms with van der Waals surface area (Å²) in [5.74, 6) is 1.06. The molecule has 0 bridgehead atoms. The van der Waals surface area contributed by atoms with Crippen molar-refractivity contribution in [3.8, 4) is 5.75 Å². The van der Waals surface area contributed by atoms with Crippen LogP contribution in [0.2, 0.25) is 5.02 Å². The fourth-order valence-electron chi connectivity index (χ4n) is 2.74. The normalized spacial score (nSPS) is 18.9. The Morgan fingerprint density at radius 3 is 3.05 bits per heavy atom. The van der Waals surface area contributed by atoms with E-state index in [1.54, 1.807) is 25.3 Å². The van der Waals surface area contributed by atoms with Crippen molar-refractivity contribution >= 4 is 17.5 Å². The van der Waals surface area contributed by atoms with Crippen LogP contribution in [0.4, 0.5) is 0 Å². The summed E-state index contributed by atoms with van der Waals surface area (Å²) in [5.41, 5.74) is 6.15. The maximum Gasteiger partial charge on any atom is 0.257 e. The number of amides is 1. The molecule has 1 fully saturated rings. The summed E-state index contributed by atoms with van der Waals surface area (Å²) in [4.78, 5) is 14.5. The molecule has 1 unspecified atom stereocenters. The van der Waals surface area contributed by atoms with Crippen molar-refractivity contribution in [3.05, 3.63) is 28.8 Å². The number of nitrogens with zero attached hydrogens (tertiary/aromatic N) is 1. The van der Waals surface area contributed by atoms with Crippen LogP contribution in [0.15, 0.2) is 18.2 Å². The van der Waals surface area contributed by atoms with Crippen molar-refractivity contribution in [3.63, 3.8) is 0 Å². The minimum Gasteiger partial charge on any atom is -0.496 e. The van der Waals surface area contributed by atoms with Gasteiger partial charge in [-0.25, -0.2) is 0 Å². The Labute approximate surface area is 124 Å². The van der Waals surface area contributed by atoms with Gasteiger partial charge < -0.3 is 15.4 Å². The summed E-state index contributed by atoms with van der Waals surface area (Å²) < 4.78 is 5.26. The van der Waals surface area contributed by atoms with Gasteiger partial charge in [0, 0.05) is 18.1 Å². The van der Waals surface area contributed by atoms with Crippen LogP contribution in [0.25, 0.3) is 0 Å². The zero-order chi connectivity index (χ0) is 14.5. The SMILES string of the molecule is COc1ccc(Cl)cc1C(=O)N1CCCC(CCN)C1. The summed E-state index contributed by atoms with van der Waals surface area (Å²) in [6.45, 7) is 2.23. The fraction of sp³-hybridized carbons (Fsp3) is 0.533. The molecule has 0 spiro atoms. The van der Waals surface area contributed by atoms with Gasteiger partial charge in [-0.1, -0.05) is 11.6 Å². The van der Waals surface area contributed by atoms with Crippen molar-refractivity contribution < 1.29 is 9.53 Å². The molecule has 0 aliphatic carbocycles. The first-order valence-electron chi connectivity index (χ1n) is 6.98. The van der Waals surface area contributed by atoms with E-state index in [1.807, 2.05) is 4.90 Å². The van der Waals surface area contributed by atoms with Gasteiger partial charge in [0.15, 0.2) is 0 Å². The molecule has 1 atom stereocenters. The minimum absolute atomic E-state index is 0.00827. The van der Waals surface area contributed by atoms with Crippen LogP contribution in [-0.4, -0.2) is 37.6 Å². The van der Waals surface area contributed by atoms with E-state index in [9.17, 15) is 4.79 Å². The zero-order valence-electron chi connectivity index (χ0n) is 11.8. The van der Waals surface area contributed by atoms with Crippen LogP contribution < -0.4 is 10.5 Å². The van der Waals surface area contributed by atoms with E-state index in [0.717, 1.165) is 32.4 Å². The first kappa shape index (κ1) is 15.1. The average molecular weight is 297 g/mol. The highest BCUT2D eigenvalue weighted by Gasteiger charge is 2.26. The molecule has 0 saturated carbocycles. The average Bonchev–Trinajstić information content (AvgIpc) is 2.47. The van der Waals surface area contributed by atoms with Crippen LogP contribution in [-0.2, 0) is 0 Å². The van der Waals surface area contributed by atoms with Crippen LogP contribution in [0, 0.1) is 5.92 Å². The molecule has 2 rings (SSSR count). The van der Waals surface area contributed by atoms with Crippen molar-refractivity contribution in [2.75, 3.05) is 26.7 Å². The Kier molecular flexibility index (Phi) is 5.26. The number of likely N-dealkylation sites (tertiary alicyclic amines) is 1. The zero-order valence-corrected chi connectivity index (χ0v) is 12.5. The first-order valence-corrected chi connectivity index (χ1v) is 7.36. The van der Waals surface area contributed by atoms with E-state index in [0.29, 0.717) is 28.8 Å². The van der Waals surface area contributed by atoms with E-state index in [1.165, 1.54) is 0 Å². The molecule has 1 heterocycles. The van der Waals surface area contributed by atoms with Crippen molar-refractivity contribution in [1.82, 2.24) is 4.90 Å². The second-order valence-corrected chi connectivity index (χ2v) is 5.62. The summed E-state index contributed by atoms with van der Waals surface area (Å²) in [5, 5.41) is 0.546. The number of methoxy groups -OCH3 is 1. The lowest BCUT2D eigenvalue weighted by atomic mass is 9.94. The summed E-state index contributed by atoms with van der Waals surface area (Å²) in [6.07, 6.45) is 3.14. The lowest BCUT2D eigenvalue weighted by Crippen LogP contribution is -2.40. The summed E-state index contributed by atoms with van der Waals surface area (Å²) >= 11 is 5.99. The van der Waals surface area contributed by atoms with Crippen LogP contribution in [0.3, 0.4) is 0 Å². The van der Waals surface area contributed by atoms with Crippen LogP contribution in [0.1, 0.15) is 29.6 Å². The van der Waals surface area contributed by atoms with Gasteiger partial charge in [-0.05, 0) is 49.9 Å². The van der Waals surface area contributed by atoms with Gasteiger partial charge in [-0.3, -0.25) is 4.79 Å². The Morgan fingerprint density at radius 2 is 2.35 bits per heavy atom. The number of benzene rings is 1. The number of hydrogen-bond acceptors (Lipinski definition) is 3. The number of halogens is 1. The van der Waals surface area contributed by atoms with Gasteiger partial charge in [0.25, 0.3) is 5.91 Å². The predicted octanol–water partition coefficient (Wildman–Crippen LogP) is 2.55. The Bertz CT molecular complexity index is 477. The third-order valence-electron chi connectivity index (χ3n) is 3.77. The molecule has 1 aromatic carbocycles. The topological polar surface area (TPSA) is 55.6 Å². The second kappa shape index (κ2) is 6.95. The lowest BCUT2D eigenvalue weighted by molar-refractivity contribution is 0.0666. The molecule has 0 aromatic heterocycles. The number of ether oxygens (including phenoxy) is 1. The smallest absolute Gasteiger partial charge is 0.257 e. The van der Waals surface area contributed by atoms with E-state index in [-0.39, 0.29) is 5.91 Å². The van der Waals surface area contributed by atoms with Crippen molar-refractivity contribution in [2.24, 2.45) is 11.7 Å². The molecule has 1 aromatic rings. The monoisotopic (exact) mass is 296 g/mol. The molecular weight excluding hydrogens is 276 g/mol. The van der Waals surface area contributed by atoms with E-state index in [4.69, 9.17) is 22.1 Å². The molecule has 0 radical (unpaired) electrons. The number of nitrogens with two attached hydrogens (primary N) is 1. The number of piperidine rings is 1. The number of carbonyl (C=O) groups is 1. The van der Waals surface area contributed by atoms with E-state index in [2.05, 4.69) is 0 Å². The van der Waals surface area contributed by atoms with Gasteiger partial charge in [0.2, 0.25) is 0 Å². The molecule has 4 nitrogen and oxygen atoms in total. The van der Waals surface area contributed by atoms with Crippen LogP contribution in [0.5, 0.6) is 5.75 Å². The highest BCUT2D eigenvalue weighted by molar-refractivity contribution is 6.31. The first-order chi connectivity index (χ1) is 9.65. The minimum atomic E-state index is -0.00827. The fourth-order valence-corrected chi connectivity index (χ4v) is 2.91. The third-order valence-corrected chi connectivity index (χ3v) is 4.01. The molecule has 2 N–H and O–H groups in total. The number of carbonyl (C=O) groups excluding carboxylic acids is 1. The molecule has 1 amide bonds. The van der Waals surface area contributed by atoms with Crippen LogP contribution >= 0.6 is 11.6 Å². The standard InChI is InChI=1S/C15H21ClN2O2/c1-20-14-5-4-12(16)9-13(14)15(19)18-8-2-3-11(10-18)6-7-17/h4-5,9,11H,2-3,6-8,10,17H2,1H3. The Morgan fingerprint density at radius 1 is 1.55 bits per heavy atom. The summed E-state index contributed by atoms with van der Waals surface area (Å²) in [7, 11) is 1.56. The molecule has 5 heteroatoms. The molecule has 1 saturated heterocycles. The maximum atomic E-state index is 12.6. The highest BCUT2D eigenvalue weighted by Crippen LogP contribution is 2.27. The molecule has 1 aliphatic heterocycles. The Hall–Kier alpha value is -1.26. The number of hydrogen-bond donors (Lipinski definition) is 1. The Balaban J connectivity index is 2.16. The highest BCUT2D eigenvalue weighted by atomic mass is 35.5. The van der Waals surface area contributed by atoms with Gasteiger partial charge in [-0.2, -0.15) is 0 Å². The largest absolute Gasteiger partial charge is 0.496 e. The lowest BCUT2D eigenvalue weighted by Gasteiger charge is -2.33. The van der Waals surface area contributed by atoms with Crippen molar-refractivity contribution in [1.29, 1.82) is 0 Å². The molecule has 20 heavy (non-hydrogen) atoms. The third kappa shape index (κ3) is 3.44. The van der Waals surface area contributed by atoms with Crippen molar-refractivity contribution in [2.45, 2.75) is 19.3 Å². The molecule has 1 aliphatic rings. The second-order valence-electron chi connectivity index (χ2n) is 5.18.